The zero-order valence-corrected chi connectivity index (χ0v) is 11.2. The first-order valence-electron chi connectivity index (χ1n) is 6.64. The number of benzene rings is 1. The van der Waals surface area contributed by atoms with Crippen molar-refractivity contribution in [2.24, 2.45) is 0 Å². The highest BCUT2D eigenvalue weighted by Gasteiger charge is 1.94. The van der Waals surface area contributed by atoms with Crippen LogP contribution in [-0.4, -0.2) is 13.7 Å². The number of ether oxygens (including phenoxy) is 1. The summed E-state index contributed by atoms with van der Waals surface area (Å²) >= 11 is 0. The van der Waals surface area contributed by atoms with E-state index in [9.17, 15) is 0 Å². The van der Waals surface area contributed by atoms with Gasteiger partial charge in [-0.15, -0.1) is 0 Å². The van der Waals surface area contributed by atoms with Crippen molar-refractivity contribution in [2.45, 2.75) is 45.8 Å². The van der Waals surface area contributed by atoms with Gasteiger partial charge in [0.15, 0.2) is 0 Å². The minimum absolute atomic E-state index is 0.699. The van der Waals surface area contributed by atoms with Crippen LogP contribution in [0.15, 0.2) is 24.3 Å². The van der Waals surface area contributed by atoms with E-state index >= 15 is 0 Å². The molecular weight excluding hydrogens is 210 g/mol. The third kappa shape index (κ3) is 6.44. The lowest BCUT2D eigenvalue weighted by Crippen LogP contribution is -2.14. The SMILES string of the molecule is CCCCCCNCc1ccc(COC)cc1. The van der Waals surface area contributed by atoms with Gasteiger partial charge in [-0.2, -0.15) is 0 Å². The fourth-order valence-electron chi connectivity index (χ4n) is 1.83. The Balaban J connectivity index is 2.14. The molecule has 0 saturated heterocycles. The molecule has 0 fully saturated rings. The molecule has 0 bridgehead atoms. The lowest BCUT2D eigenvalue weighted by atomic mass is 10.1. The van der Waals surface area contributed by atoms with Gasteiger partial charge in [0.2, 0.25) is 0 Å². The molecule has 0 spiro atoms. The third-order valence-electron chi connectivity index (χ3n) is 2.87. The number of nitrogens with one attached hydrogen (secondary N) is 1. The van der Waals surface area contributed by atoms with Gasteiger partial charge in [0.05, 0.1) is 6.61 Å². The molecule has 1 aromatic rings. The Bertz CT molecular complexity index is 281. The number of methoxy groups -OCH3 is 1. The van der Waals surface area contributed by atoms with Gasteiger partial charge < -0.3 is 10.1 Å². The summed E-state index contributed by atoms with van der Waals surface area (Å²) in [5, 5.41) is 3.48. The Labute approximate surface area is 105 Å². The van der Waals surface area contributed by atoms with Crippen LogP contribution in [0.3, 0.4) is 0 Å². The molecule has 0 atom stereocenters. The molecule has 0 saturated carbocycles. The molecule has 0 radical (unpaired) electrons. The van der Waals surface area contributed by atoms with Crippen molar-refractivity contribution in [3.63, 3.8) is 0 Å². The van der Waals surface area contributed by atoms with Crippen LogP contribution in [0.25, 0.3) is 0 Å². The van der Waals surface area contributed by atoms with Gasteiger partial charge >= 0.3 is 0 Å². The van der Waals surface area contributed by atoms with Crippen molar-refractivity contribution < 1.29 is 4.74 Å². The molecule has 1 rings (SSSR count). The minimum Gasteiger partial charge on any atom is -0.380 e. The number of rotatable bonds is 9. The second-order valence-electron chi connectivity index (χ2n) is 4.49. The maximum Gasteiger partial charge on any atom is 0.0713 e. The highest BCUT2D eigenvalue weighted by Crippen LogP contribution is 2.05. The van der Waals surface area contributed by atoms with Gasteiger partial charge in [-0.25, -0.2) is 0 Å². The summed E-state index contributed by atoms with van der Waals surface area (Å²) in [6.45, 7) is 5.04. The molecule has 0 amide bonds. The smallest absolute Gasteiger partial charge is 0.0713 e. The summed E-state index contributed by atoms with van der Waals surface area (Å²) in [7, 11) is 1.73. The summed E-state index contributed by atoms with van der Waals surface area (Å²) in [6, 6.07) is 8.62. The Morgan fingerprint density at radius 2 is 1.71 bits per heavy atom. The molecule has 96 valence electrons. The Hall–Kier alpha value is -0.860. The van der Waals surface area contributed by atoms with Crippen molar-refractivity contribution in [2.75, 3.05) is 13.7 Å². The molecule has 1 aromatic carbocycles. The predicted octanol–water partition coefficient (Wildman–Crippen LogP) is 3.50. The van der Waals surface area contributed by atoms with E-state index in [1.54, 1.807) is 7.11 Å². The zero-order valence-electron chi connectivity index (χ0n) is 11.2. The van der Waals surface area contributed by atoms with E-state index in [0.29, 0.717) is 6.61 Å². The van der Waals surface area contributed by atoms with Gasteiger partial charge in [0.25, 0.3) is 0 Å². The standard InChI is InChI=1S/C15H25NO/c1-3-4-5-6-11-16-12-14-7-9-15(10-8-14)13-17-2/h7-10,16H,3-6,11-13H2,1-2H3. The normalized spacial score (nSPS) is 10.7. The van der Waals surface area contributed by atoms with E-state index in [4.69, 9.17) is 4.74 Å². The van der Waals surface area contributed by atoms with E-state index in [1.807, 2.05) is 0 Å². The number of unbranched alkanes of at least 4 members (excludes halogenated alkanes) is 3. The Kier molecular flexibility index (Phi) is 7.69. The van der Waals surface area contributed by atoms with Crippen LogP contribution in [0.2, 0.25) is 0 Å². The third-order valence-corrected chi connectivity index (χ3v) is 2.87. The Morgan fingerprint density at radius 3 is 2.35 bits per heavy atom. The summed E-state index contributed by atoms with van der Waals surface area (Å²) in [6.07, 6.45) is 5.29. The maximum absolute atomic E-state index is 5.09. The van der Waals surface area contributed by atoms with Crippen LogP contribution >= 0.6 is 0 Å². The molecule has 0 heterocycles. The van der Waals surface area contributed by atoms with Crippen LogP contribution in [0.4, 0.5) is 0 Å². The number of hydrogen-bond donors (Lipinski definition) is 1. The van der Waals surface area contributed by atoms with Gasteiger partial charge in [0, 0.05) is 13.7 Å². The number of hydrogen-bond acceptors (Lipinski definition) is 2. The molecule has 0 aliphatic carbocycles. The zero-order chi connectivity index (χ0) is 12.3. The minimum atomic E-state index is 0.699. The molecule has 2 heteroatoms. The molecule has 0 aromatic heterocycles. The van der Waals surface area contributed by atoms with Gasteiger partial charge in [-0.3, -0.25) is 0 Å². The quantitative estimate of drug-likeness (QED) is 0.661. The van der Waals surface area contributed by atoms with E-state index in [1.165, 1.54) is 36.8 Å². The fraction of sp³-hybridized carbons (Fsp3) is 0.600. The Morgan fingerprint density at radius 1 is 1.00 bits per heavy atom. The summed E-state index contributed by atoms with van der Waals surface area (Å²) in [5.41, 5.74) is 2.58. The van der Waals surface area contributed by atoms with Gasteiger partial charge in [0.1, 0.15) is 0 Å². The molecule has 2 nitrogen and oxygen atoms in total. The second kappa shape index (κ2) is 9.20. The molecule has 0 aliphatic heterocycles. The maximum atomic E-state index is 5.09. The van der Waals surface area contributed by atoms with Crippen LogP contribution in [0.5, 0.6) is 0 Å². The fourth-order valence-corrected chi connectivity index (χ4v) is 1.83. The first kappa shape index (κ1) is 14.2. The monoisotopic (exact) mass is 235 g/mol. The highest BCUT2D eigenvalue weighted by atomic mass is 16.5. The topological polar surface area (TPSA) is 21.3 Å². The van der Waals surface area contributed by atoms with E-state index in [-0.39, 0.29) is 0 Å². The molecule has 17 heavy (non-hydrogen) atoms. The van der Waals surface area contributed by atoms with Crippen molar-refractivity contribution >= 4 is 0 Å². The average molecular weight is 235 g/mol. The van der Waals surface area contributed by atoms with Gasteiger partial charge in [-0.05, 0) is 24.1 Å². The highest BCUT2D eigenvalue weighted by molar-refractivity contribution is 5.21. The summed E-state index contributed by atoms with van der Waals surface area (Å²) < 4.78 is 5.09. The average Bonchev–Trinajstić information content (AvgIpc) is 2.36. The lowest BCUT2D eigenvalue weighted by molar-refractivity contribution is 0.185. The first-order valence-corrected chi connectivity index (χ1v) is 6.64. The van der Waals surface area contributed by atoms with Crippen molar-refractivity contribution in [1.29, 1.82) is 0 Å². The summed E-state index contributed by atoms with van der Waals surface area (Å²) in [4.78, 5) is 0. The van der Waals surface area contributed by atoms with Crippen LogP contribution < -0.4 is 5.32 Å². The van der Waals surface area contributed by atoms with E-state index < -0.39 is 0 Å². The molecule has 0 aliphatic rings. The van der Waals surface area contributed by atoms with Crippen LogP contribution in [-0.2, 0) is 17.9 Å². The van der Waals surface area contributed by atoms with E-state index in [2.05, 4.69) is 36.5 Å². The van der Waals surface area contributed by atoms with Crippen molar-refractivity contribution in [3.05, 3.63) is 35.4 Å². The predicted molar refractivity (Wildman–Crippen MR) is 73.0 cm³/mol. The first-order chi connectivity index (χ1) is 8.36. The van der Waals surface area contributed by atoms with Crippen LogP contribution in [0.1, 0.15) is 43.7 Å². The molecule has 0 unspecified atom stereocenters. The lowest BCUT2D eigenvalue weighted by Gasteiger charge is -2.06. The second-order valence-corrected chi connectivity index (χ2v) is 4.49. The van der Waals surface area contributed by atoms with Crippen LogP contribution in [0, 0.1) is 0 Å². The van der Waals surface area contributed by atoms with E-state index in [0.717, 1.165) is 13.1 Å². The van der Waals surface area contributed by atoms with Crippen molar-refractivity contribution in [1.82, 2.24) is 5.32 Å². The largest absolute Gasteiger partial charge is 0.380 e. The molecule has 1 N–H and O–H groups in total. The molecular formula is C15H25NO. The van der Waals surface area contributed by atoms with Crippen molar-refractivity contribution in [3.8, 4) is 0 Å². The van der Waals surface area contributed by atoms with Gasteiger partial charge in [-0.1, -0.05) is 50.5 Å². The summed E-state index contributed by atoms with van der Waals surface area (Å²) in [5.74, 6) is 0.